The van der Waals surface area contributed by atoms with E-state index >= 15 is 0 Å². The number of methoxy groups -OCH3 is 2. The third-order valence-corrected chi connectivity index (χ3v) is 14.7. The Morgan fingerprint density at radius 1 is 0.726 bits per heavy atom. The highest BCUT2D eigenvalue weighted by Crippen LogP contribution is 2.59. The van der Waals surface area contributed by atoms with Crippen molar-refractivity contribution in [1.82, 2.24) is 40.4 Å². The molecule has 326 valence electrons. The molecule has 4 aliphatic rings. The van der Waals surface area contributed by atoms with Crippen LogP contribution in [0.15, 0.2) is 48.7 Å². The number of hydrogen-bond acceptors (Lipinski definition) is 9. The molecule has 2 aromatic carbocycles. The van der Waals surface area contributed by atoms with Crippen LogP contribution in [0.3, 0.4) is 0 Å². The summed E-state index contributed by atoms with van der Waals surface area (Å²) in [5, 5.41) is 5.47. The number of amides is 4. The number of aromatic amines is 2. The van der Waals surface area contributed by atoms with E-state index in [2.05, 4.69) is 63.1 Å². The Bertz CT molecular complexity index is 2520. The van der Waals surface area contributed by atoms with Gasteiger partial charge in [-0.1, -0.05) is 45.9 Å². The summed E-state index contributed by atoms with van der Waals surface area (Å²) in [4.78, 5) is 74.6. The van der Waals surface area contributed by atoms with E-state index in [4.69, 9.17) is 19.4 Å². The molecule has 14 nitrogen and oxygen atoms in total. The molecule has 62 heavy (non-hydrogen) atoms. The van der Waals surface area contributed by atoms with E-state index in [0.717, 1.165) is 64.5 Å². The molecule has 5 aromatic rings. The highest BCUT2D eigenvalue weighted by Gasteiger charge is 2.42. The van der Waals surface area contributed by atoms with Crippen molar-refractivity contribution in [1.29, 1.82) is 0 Å². The average Bonchev–Trinajstić information content (AvgIpc) is 4.12. The van der Waals surface area contributed by atoms with Crippen molar-refractivity contribution in [2.24, 2.45) is 11.8 Å². The third kappa shape index (κ3) is 7.51. The van der Waals surface area contributed by atoms with Crippen molar-refractivity contribution in [2.75, 3.05) is 27.3 Å². The second-order valence-electron chi connectivity index (χ2n) is 18.0. The third-order valence-electron chi connectivity index (χ3n) is 13.6. The number of fused-ring (bicyclic) bond motifs is 6. The molecule has 5 heterocycles. The molecule has 0 spiro atoms. The molecule has 3 fully saturated rings. The monoisotopic (exact) mass is 860 g/mol. The minimum absolute atomic E-state index is 0.102. The number of alkyl carbamates (subject to hydrolysis) is 2. The van der Waals surface area contributed by atoms with Gasteiger partial charge in [0.05, 0.1) is 54.1 Å². The quantitative estimate of drug-likeness (QED) is 0.102. The number of rotatable bonds is 11. The maximum atomic E-state index is 13.8. The lowest BCUT2D eigenvalue weighted by Gasteiger charge is -2.30. The van der Waals surface area contributed by atoms with Crippen LogP contribution in [0.5, 0.6) is 0 Å². The number of carbonyl (C=O) groups excluding carboxylic acids is 4. The molecule has 0 radical (unpaired) electrons. The number of nitrogens with zero attached hydrogens (tertiary/aromatic N) is 4. The molecule has 4 N–H and O–H groups in total. The topological polar surface area (TPSA) is 175 Å². The van der Waals surface area contributed by atoms with Crippen LogP contribution in [0.4, 0.5) is 9.59 Å². The van der Waals surface area contributed by atoms with Crippen molar-refractivity contribution in [3.05, 3.63) is 71.4 Å². The van der Waals surface area contributed by atoms with Gasteiger partial charge >= 0.3 is 12.2 Å². The van der Waals surface area contributed by atoms with Crippen molar-refractivity contribution >= 4 is 46.4 Å². The second-order valence-corrected chi connectivity index (χ2v) is 19.1. The summed E-state index contributed by atoms with van der Waals surface area (Å²) in [5.74, 6) is 2.12. The van der Waals surface area contributed by atoms with Gasteiger partial charge in [0, 0.05) is 18.0 Å². The minimum Gasteiger partial charge on any atom is -0.453 e. The zero-order valence-electron chi connectivity index (χ0n) is 36.2. The average molecular weight is 861 g/mol. The Morgan fingerprint density at radius 3 is 1.92 bits per heavy atom. The summed E-state index contributed by atoms with van der Waals surface area (Å²) in [7, 11) is 2.61. The Kier molecular flexibility index (Phi) is 11.3. The maximum absolute atomic E-state index is 13.8. The number of imidazole rings is 2. The predicted octanol–water partition coefficient (Wildman–Crippen LogP) is 8.80. The van der Waals surface area contributed by atoms with E-state index in [1.165, 1.54) is 60.6 Å². The SMILES string of the molecule is COC(=O)NC(C(=O)N1CCCC1c1ncc(-c2ccc(-c3ccc(-c4ccc5nc(C6CCCN6C(=O)C(NC(=O)OC)C(C)C)[nH]c5c4)c4c3C3CCC4C3)s2)[nH]1)C(C)C. The minimum atomic E-state index is -0.687. The van der Waals surface area contributed by atoms with Crippen LogP contribution in [0, 0.1) is 11.8 Å². The zero-order chi connectivity index (χ0) is 43.4. The number of hydrogen-bond donors (Lipinski definition) is 4. The Hall–Kier alpha value is -5.70. The first-order valence-corrected chi connectivity index (χ1v) is 22.9. The highest BCUT2D eigenvalue weighted by molar-refractivity contribution is 7.18. The fourth-order valence-corrected chi connectivity index (χ4v) is 11.5. The fourth-order valence-electron chi connectivity index (χ4n) is 10.5. The largest absolute Gasteiger partial charge is 0.453 e. The van der Waals surface area contributed by atoms with E-state index < -0.39 is 24.3 Å². The van der Waals surface area contributed by atoms with Crippen LogP contribution < -0.4 is 10.6 Å². The first-order chi connectivity index (χ1) is 29.9. The van der Waals surface area contributed by atoms with Crippen molar-refractivity contribution in [3.8, 4) is 32.1 Å². The van der Waals surface area contributed by atoms with Gasteiger partial charge < -0.3 is 39.9 Å². The summed E-state index contributed by atoms with van der Waals surface area (Å²) < 4.78 is 9.62. The second kappa shape index (κ2) is 16.9. The lowest BCUT2D eigenvalue weighted by Crippen LogP contribution is -2.51. The summed E-state index contributed by atoms with van der Waals surface area (Å²) in [5.41, 5.74) is 9.40. The molecule has 2 aliphatic heterocycles. The number of thiophene rings is 1. The molecular formula is C47H56N8O6S. The lowest BCUT2D eigenvalue weighted by atomic mass is 9.83. The van der Waals surface area contributed by atoms with Crippen LogP contribution in [0.2, 0.25) is 0 Å². The standard InChI is InChI=1S/C47H56N8O6S/c1-24(2)40(52-46(58)60-5)44(56)54-19-7-9-34(54)42-48-23-33(51-42)37-18-17-36(62-37)30-15-14-29(38-27-11-12-28(21-27)39(30)38)26-13-16-31-32(22-26)50-43(49-31)35-10-8-20-55(35)45(57)41(25(3)4)53-47(59)61-6/h13-18,22-25,27-28,34-35,40-41H,7-12,19-21H2,1-6H3,(H,48,51)(H,49,50)(H,52,58)(H,53,59). The van der Waals surface area contributed by atoms with Gasteiger partial charge in [-0.2, -0.15) is 0 Å². The number of aromatic nitrogens is 4. The Labute approximate surface area is 365 Å². The van der Waals surface area contributed by atoms with Gasteiger partial charge in [0.2, 0.25) is 11.8 Å². The number of likely N-dealkylation sites (tertiary alicyclic amines) is 2. The zero-order valence-corrected chi connectivity index (χ0v) is 37.1. The van der Waals surface area contributed by atoms with E-state index in [0.29, 0.717) is 24.9 Å². The van der Waals surface area contributed by atoms with E-state index in [-0.39, 0.29) is 35.7 Å². The van der Waals surface area contributed by atoms with Crippen LogP contribution >= 0.6 is 11.3 Å². The first kappa shape index (κ1) is 41.6. The maximum Gasteiger partial charge on any atom is 0.407 e. The molecule has 1 saturated carbocycles. The van der Waals surface area contributed by atoms with Crippen LogP contribution in [-0.4, -0.2) is 93.1 Å². The molecule has 15 heteroatoms. The number of benzene rings is 2. The summed E-state index contributed by atoms with van der Waals surface area (Å²) >= 11 is 1.76. The van der Waals surface area contributed by atoms with Gasteiger partial charge in [0.15, 0.2) is 0 Å². The van der Waals surface area contributed by atoms with Gasteiger partial charge in [-0.3, -0.25) is 9.59 Å². The molecule has 2 bridgehead atoms. The van der Waals surface area contributed by atoms with E-state index in [1.807, 2.05) is 43.7 Å². The first-order valence-electron chi connectivity index (χ1n) is 22.1. The number of nitrogens with one attached hydrogen (secondary N) is 4. The van der Waals surface area contributed by atoms with Gasteiger partial charge in [0.25, 0.3) is 0 Å². The van der Waals surface area contributed by atoms with Gasteiger partial charge in [-0.25, -0.2) is 19.6 Å². The van der Waals surface area contributed by atoms with Crippen molar-refractivity contribution < 1.29 is 28.7 Å². The van der Waals surface area contributed by atoms with Crippen molar-refractivity contribution in [3.63, 3.8) is 0 Å². The molecule has 6 atom stereocenters. The number of carbonyl (C=O) groups is 4. The molecule has 6 unspecified atom stereocenters. The molecule has 2 saturated heterocycles. The predicted molar refractivity (Wildman–Crippen MR) is 237 cm³/mol. The molecular weight excluding hydrogens is 805 g/mol. The van der Waals surface area contributed by atoms with Crippen LogP contribution in [0.25, 0.3) is 43.2 Å². The molecule has 4 amide bonds. The highest BCUT2D eigenvalue weighted by atomic mass is 32.1. The van der Waals surface area contributed by atoms with E-state index in [9.17, 15) is 19.2 Å². The Morgan fingerprint density at radius 2 is 1.31 bits per heavy atom. The number of ether oxygens (including phenoxy) is 2. The summed E-state index contributed by atoms with van der Waals surface area (Å²) in [6, 6.07) is 13.7. The van der Waals surface area contributed by atoms with Gasteiger partial charge in [-0.05, 0) is 121 Å². The summed E-state index contributed by atoms with van der Waals surface area (Å²) in [6.45, 7) is 8.89. The van der Waals surface area contributed by atoms with Gasteiger partial charge in [0.1, 0.15) is 23.7 Å². The van der Waals surface area contributed by atoms with Crippen LogP contribution in [-0.2, 0) is 19.1 Å². The van der Waals surface area contributed by atoms with Gasteiger partial charge in [-0.15, -0.1) is 11.3 Å². The molecule has 2 aliphatic carbocycles. The lowest BCUT2D eigenvalue weighted by molar-refractivity contribution is -0.136. The summed E-state index contributed by atoms with van der Waals surface area (Å²) in [6.07, 6.45) is 7.52. The fraction of sp³-hybridized carbons (Fsp3) is 0.489. The normalized spacial score (nSPS) is 21.5. The van der Waals surface area contributed by atoms with Crippen molar-refractivity contribution in [2.45, 2.75) is 109 Å². The Balaban J connectivity index is 0.962. The number of H-pyrrole nitrogens is 2. The van der Waals surface area contributed by atoms with Crippen LogP contribution in [0.1, 0.15) is 119 Å². The molecule has 9 rings (SSSR count). The molecule has 3 aromatic heterocycles. The smallest absolute Gasteiger partial charge is 0.407 e. The van der Waals surface area contributed by atoms with E-state index in [1.54, 1.807) is 11.3 Å².